The zero-order valence-electron chi connectivity index (χ0n) is 41.6. The molecule has 0 unspecified atom stereocenters. The molecule has 0 bridgehead atoms. The topological polar surface area (TPSA) is 239 Å². The molecular weight excluding hydrogens is 963 g/mol. The Labute approximate surface area is 430 Å². The lowest BCUT2D eigenvalue weighted by atomic mass is 9.85. The van der Waals surface area contributed by atoms with Crippen molar-refractivity contribution in [2.75, 3.05) is 18.1 Å². The molecule has 1 saturated heterocycles. The van der Waals surface area contributed by atoms with Gasteiger partial charge in [0.1, 0.15) is 24.7 Å². The van der Waals surface area contributed by atoms with E-state index in [4.69, 9.17) is 16.2 Å². The van der Waals surface area contributed by atoms with Crippen LogP contribution in [0.25, 0.3) is 10.4 Å². The molecule has 388 valence electrons. The number of primary amides is 1. The van der Waals surface area contributed by atoms with Gasteiger partial charge in [0.05, 0.1) is 46.0 Å². The minimum atomic E-state index is -0.971. The van der Waals surface area contributed by atoms with Gasteiger partial charge in [0, 0.05) is 32.2 Å². The molecule has 0 saturated carbocycles. The minimum absolute atomic E-state index is 0. The number of para-hydroxylation sites is 1. The number of unbranched alkanes of at least 4 members (excludes halogenated alkanes) is 2. The number of nitrogens with zero attached hydrogens (tertiary/aromatic N) is 3. The van der Waals surface area contributed by atoms with Gasteiger partial charge >= 0.3 is 0 Å². The Morgan fingerprint density at radius 3 is 2.35 bits per heavy atom. The van der Waals surface area contributed by atoms with Crippen molar-refractivity contribution in [2.45, 2.75) is 148 Å². The molecule has 7 rings (SSSR count). The summed E-state index contributed by atoms with van der Waals surface area (Å²) in [6.07, 6.45) is 2.67. The maximum atomic E-state index is 15.9. The molecular formula is C53H68ClFN8O8S. The molecule has 4 aromatic rings. The van der Waals surface area contributed by atoms with Crippen molar-refractivity contribution < 1.29 is 43.0 Å². The van der Waals surface area contributed by atoms with Crippen molar-refractivity contribution in [1.29, 1.82) is 0 Å². The fourth-order valence-electron chi connectivity index (χ4n) is 9.75. The highest BCUT2D eigenvalue weighted by atomic mass is 35.5. The first kappa shape index (κ1) is 55.4. The molecule has 1 aromatic heterocycles. The maximum Gasteiger partial charge on any atom is 0.246 e. The number of hydrogen-bond donors (Lipinski definition) is 6. The summed E-state index contributed by atoms with van der Waals surface area (Å²) in [7, 11) is 0. The normalized spacial score (nSPS) is 19.6. The van der Waals surface area contributed by atoms with Gasteiger partial charge in [0.2, 0.25) is 35.4 Å². The number of nitrogens with two attached hydrogens (primary N) is 2. The third-order valence-corrected chi connectivity index (χ3v) is 14.7. The van der Waals surface area contributed by atoms with Crippen molar-refractivity contribution in [3.8, 4) is 16.2 Å². The van der Waals surface area contributed by atoms with Gasteiger partial charge < -0.3 is 42.2 Å². The van der Waals surface area contributed by atoms with E-state index in [0.29, 0.717) is 50.5 Å². The fraction of sp³-hybridized carbons (Fsp3) is 0.491. The van der Waals surface area contributed by atoms with E-state index in [1.807, 2.05) is 77.1 Å². The molecule has 1 fully saturated rings. The predicted octanol–water partition coefficient (Wildman–Crippen LogP) is 5.51. The highest BCUT2D eigenvalue weighted by molar-refractivity contribution is 7.13. The molecule has 3 aliphatic rings. The lowest BCUT2D eigenvalue weighted by Crippen LogP contribution is -2.57. The molecule has 72 heavy (non-hydrogen) atoms. The Kier molecular flexibility index (Phi) is 18.6. The summed E-state index contributed by atoms with van der Waals surface area (Å²) in [5.41, 5.74) is 18.6. The second-order valence-corrected chi connectivity index (χ2v) is 21.0. The van der Waals surface area contributed by atoms with Gasteiger partial charge in [-0.1, -0.05) is 81.8 Å². The van der Waals surface area contributed by atoms with Crippen LogP contribution in [0.5, 0.6) is 5.75 Å². The Hall–Kier alpha value is -5.95. The highest BCUT2D eigenvalue weighted by Gasteiger charge is 2.45. The number of benzene rings is 3. The van der Waals surface area contributed by atoms with Crippen molar-refractivity contribution in [3.05, 3.63) is 99.9 Å². The molecule has 0 spiro atoms. The van der Waals surface area contributed by atoms with Crippen LogP contribution in [0.15, 0.2) is 66.2 Å². The second kappa shape index (κ2) is 24.2. The zero-order chi connectivity index (χ0) is 51.1. The summed E-state index contributed by atoms with van der Waals surface area (Å²) >= 11 is 1.56. The van der Waals surface area contributed by atoms with Crippen LogP contribution in [0, 0.1) is 18.2 Å². The van der Waals surface area contributed by atoms with E-state index < -0.39 is 71.2 Å². The summed E-state index contributed by atoms with van der Waals surface area (Å²) in [4.78, 5) is 88.6. The molecule has 3 aliphatic heterocycles. The number of hydrogen-bond acceptors (Lipinski definition) is 11. The molecule has 16 nitrogen and oxygen atoms in total. The van der Waals surface area contributed by atoms with Gasteiger partial charge in [-0.2, -0.15) is 0 Å². The van der Waals surface area contributed by atoms with Crippen LogP contribution in [0.1, 0.15) is 113 Å². The average Bonchev–Trinajstić information content (AvgIpc) is 4.05. The molecule has 3 aromatic carbocycles. The summed E-state index contributed by atoms with van der Waals surface area (Å²) in [6.45, 7) is 9.11. The number of aliphatic hydroxyl groups is 1. The Bertz CT molecular complexity index is 2610. The SMILES string of the molecule is Cc1ncsc1-c1ccc([C@H](C)NC(=O)[C@@H]2C[C@@H](O)CN2C(=O)[C@@H](NC(=O)CCCCCc2cccc(OC[C@H](CCC(N)=O)NC(=O)[C@@H]3Cc4cccc5c4N3C(=O)[C@@H](N)CC5)c2F)C(C)(C)C)cc1.Cl. The number of aliphatic hydroxyl groups excluding tert-OH is 1. The number of carbonyl (C=O) groups excluding carboxylic acids is 6. The molecule has 8 N–H and O–H groups in total. The average molecular weight is 1030 g/mol. The number of rotatable bonds is 20. The second-order valence-electron chi connectivity index (χ2n) is 20.2. The first-order valence-corrected chi connectivity index (χ1v) is 25.5. The number of aryl methyl sites for hydroxylation is 3. The number of aromatic nitrogens is 1. The number of carbonyl (C=O) groups is 6. The number of likely N-dealkylation sites (tertiary alicyclic amines) is 1. The Morgan fingerprint density at radius 1 is 0.944 bits per heavy atom. The van der Waals surface area contributed by atoms with Crippen molar-refractivity contribution >= 4 is 64.9 Å². The molecule has 0 radical (unpaired) electrons. The van der Waals surface area contributed by atoms with E-state index in [1.54, 1.807) is 29.0 Å². The van der Waals surface area contributed by atoms with Crippen LogP contribution in [-0.4, -0.2) is 99.9 Å². The molecule has 7 atom stereocenters. The van der Waals surface area contributed by atoms with E-state index >= 15 is 4.39 Å². The number of anilines is 1. The van der Waals surface area contributed by atoms with E-state index in [-0.39, 0.29) is 74.8 Å². The molecule has 6 amide bonds. The monoisotopic (exact) mass is 1030 g/mol. The Morgan fingerprint density at radius 2 is 1.65 bits per heavy atom. The number of ether oxygens (including phenoxy) is 1. The van der Waals surface area contributed by atoms with Gasteiger partial charge in [0.25, 0.3) is 0 Å². The molecule has 19 heteroatoms. The van der Waals surface area contributed by atoms with Crippen LogP contribution in [-0.2, 0) is 48.0 Å². The van der Waals surface area contributed by atoms with Crippen molar-refractivity contribution in [1.82, 2.24) is 25.8 Å². The summed E-state index contributed by atoms with van der Waals surface area (Å²) in [6, 6.07) is 13.8. The standard InChI is InChI=1S/C53H67FN8O8S.ClH/c1-30(32-17-19-35(20-18-32)47-31(2)57-29-71-47)58-49(66)40-26-38(63)27-61(40)52(69)48(53(3,4)5)60-44(65)16-8-6-7-11-33-12-10-15-42(45(33)54)70-28-37(22-24-43(56)64)59-50(67)41-25-36-14-9-13-34-21-23-39(55)51(68)62(41)46(34)36;/h9-10,12-15,17-20,29-30,37-41,48,63H,6-8,11,16,21-28,55H2,1-5H3,(H2,56,64)(H,58,66)(H,59,67)(H,60,65);1H/t30-,37-,38+,39-,40-,41-,48+;/m0./s1. The third-order valence-electron chi connectivity index (χ3n) is 13.7. The predicted molar refractivity (Wildman–Crippen MR) is 276 cm³/mol. The van der Waals surface area contributed by atoms with Crippen LogP contribution >= 0.6 is 23.7 Å². The smallest absolute Gasteiger partial charge is 0.246 e. The first-order chi connectivity index (χ1) is 33.8. The van der Waals surface area contributed by atoms with Crippen molar-refractivity contribution in [3.63, 3.8) is 0 Å². The number of β-amino-alcohol motifs (C(OH)–C–C–N with tert-alkyl or cyclic N) is 1. The number of thiazole rings is 1. The molecule has 4 heterocycles. The van der Waals surface area contributed by atoms with Gasteiger partial charge in [-0.25, -0.2) is 9.37 Å². The van der Waals surface area contributed by atoms with Crippen LogP contribution < -0.4 is 37.1 Å². The first-order valence-electron chi connectivity index (χ1n) is 24.6. The lowest BCUT2D eigenvalue weighted by molar-refractivity contribution is -0.144. The summed E-state index contributed by atoms with van der Waals surface area (Å²) in [5.74, 6) is -3.12. The number of amides is 6. The fourth-order valence-corrected chi connectivity index (χ4v) is 10.6. The zero-order valence-corrected chi connectivity index (χ0v) is 43.2. The van der Waals surface area contributed by atoms with Gasteiger partial charge in [0.15, 0.2) is 11.6 Å². The molecule has 0 aliphatic carbocycles. The van der Waals surface area contributed by atoms with Crippen LogP contribution in [0.2, 0.25) is 0 Å². The number of nitrogens with one attached hydrogen (secondary N) is 3. The van der Waals surface area contributed by atoms with Gasteiger partial charge in [-0.05, 0) is 91.7 Å². The lowest BCUT2D eigenvalue weighted by Gasteiger charge is -2.35. The highest BCUT2D eigenvalue weighted by Crippen LogP contribution is 2.39. The maximum absolute atomic E-state index is 15.9. The van der Waals surface area contributed by atoms with E-state index in [2.05, 4.69) is 20.9 Å². The van der Waals surface area contributed by atoms with E-state index in [9.17, 15) is 33.9 Å². The largest absolute Gasteiger partial charge is 0.488 e. The van der Waals surface area contributed by atoms with E-state index in [0.717, 1.165) is 38.5 Å². The minimum Gasteiger partial charge on any atom is -0.488 e. The van der Waals surface area contributed by atoms with Crippen molar-refractivity contribution in [2.24, 2.45) is 16.9 Å². The quantitative estimate of drug-likeness (QED) is 0.0607. The van der Waals surface area contributed by atoms with Gasteiger partial charge in [-0.3, -0.25) is 33.7 Å². The van der Waals surface area contributed by atoms with Gasteiger partial charge in [-0.15, -0.1) is 23.7 Å². The van der Waals surface area contributed by atoms with Crippen LogP contribution in [0.4, 0.5) is 10.1 Å². The van der Waals surface area contributed by atoms with E-state index in [1.165, 1.54) is 15.9 Å². The van der Waals surface area contributed by atoms with Crippen LogP contribution in [0.3, 0.4) is 0 Å². The Balaban J connectivity index is 0.00000847. The summed E-state index contributed by atoms with van der Waals surface area (Å²) in [5, 5.41) is 19.5. The summed E-state index contributed by atoms with van der Waals surface area (Å²) < 4.78 is 21.8. The third kappa shape index (κ3) is 13.2. The number of halogens is 2.